The highest BCUT2D eigenvalue weighted by atomic mass is 19.1. The van der Waals surface area contributed by atoms with Gasteiger partial charge in [-0.05, 0) is 19.1 Å². The van der Waals surface area contributed by atoms with E-state index in [-0.39, 0.29) is 24.2 Å². The van der Waals surface area contributed by atoms with Crippen molar-refractivity contribution in [1.82, 2.24) is 4.90 Å². The zero-order valence-corrected chi connectivity index (χ0v) is 13.8. The molecule has 0 radical (unpaired) electrons. The van der Waals surface area contributed by atoms with E-state index in [0.717, 1.165) is 0 Å². The van der Waals surface area contributed by atoms with E-state index in [1.807, 2.05) is 0 Å². The van der Waals surface area contributed by atoms with Gasteiger partial charge in [-0.15, -0.1) is 0 Å². The molecule has 0 saturated carbocycles. The predicted octanol–water partition coefficient (Wildman–Crippen LogP) is -0.00340. The van der Waals surface area contributed by atoms with Crippen molar-refractivity contribution in [2.75, 3.05) is 13.7 Å². The summed E-state index contributed by atoms with van der Waals surface area (Å²) < 4.78 is 18.1. The third kappa shape index (κ3) is 2.15. The third-order valence-electron chi connectivity index (χ3n) is 5.20. The molecule has 4 atom stereocenters. The summed E-state index contributed by atoms with van der Waals surface area (Å²) in [4.78, 5) is 39.0. The Labute approximate surface area is 139 Å². The minimum absolute atomic E-state index is 0.262. The van der Waals surface area contributed by atoms with E-state index in [1.54, 1.807) is 31.3 Å². The van der Waals surface area contributed by atoms with Gasteiger partial charge in [0.1, 0.15) is 23.7 Å². The average Bonchev–Trinajstić information content (AvgIpc) is 3.02. The number of hydrogen-bond acceptors (Lipinski definition) is 4. The average molecular weight is 335 g/mol. The van der Waals surface area contributed by atoms with Crippen LogP contribution in [-0.2, 0) is 19.1 Å². The molecule has 2 saturated heterocycles. The lowest BCUT2D eigenvalue weighted by molar-refractivity contribution is -0.731. The molecule has 2 aliphatic rings. The molecule has 0 aliphatic carbocycles. The van der Waals surface area contributed by atoms with Crippen molar-refractivity contribution in [3.8, 4) is 0 Å². The molecule has 0 unspecified atom stereocenters. The molecule has 2 fully saturated rings. The number of amides is 2. The SMILES string of the molecule is CCN1C(=O)[C@@H]2[C@@H](C1=O)[C@](C)(C(=O)OC)[NH2+][C@H]2c1ccc(F)cc1. The van der Waals surface area contributed by atoms with Gasteiger partial charge in [-0.2, -0.15) is 0 Å². The van der Waals surface area contributed by atoms with Crippen LogP contribution in [0.4, 0.5) is 4.39 Å². The molecule has 7 heteroatoms. The highest BCUT2D eigenvalue weighted by Crippen LogP contribution is 2.44. The number of methoxy groups -OCH3 is 1. The maximum atomic E-state index is 13.2. The maximum Gasteiger partial charge on any atom is 0.368 e. The van der Waals surface area contributed by atoms with Crippen molar-refractivity contribution in [3.05, 3.63) is 35.6 Å². The Balaban J connectivity index is 2.09. The van der Waals surface area contributed by atoms with Crippen molar-refractivity contribution < 1.29 is 28.8 Å². The molecule has 128 valence electrons. The van der Waals surface area contributed by atoms with E-state index in [2.05, 4.69) is 0 Å². The van der Waals surface area contributed by atoms with Crippen LogP contribution in [0.25, 0.3) is 0 Å². The normalized spacial score (nSPS) is 32.2. The van der Waals surface area contributed by atoms with Gasteiger partial charge in [-0.25, -0.2) is 9.18 Å². The third-order valence-corrected chi connectivity index (χ3v) is 5.20. The molecular weight excluding hydrogens is 315 g/mol. The van der Waals surface area contributed by atoms with Gasteiger partial charge in [0.15, 0.2) is 0 Å². The number of rotatable bonds is 3. The number of halogens is 1. The molecule has 0 spiro atoms. The van der Waals surface area contributed by atoms with Gasteiger partial charge in [0.25, 0.3) is 0 Å². The highest BCUT2D eigenvalue weighted by molar-refractivity contribution is 6.08. The number of fused-ring (bicyclic) bond motifs is 1. The van der Waals surface area contributed by atoms with E-state index in [1.165, 1.54) is 24.1 Å². The number of quaternary nitrogens is 1. The summed E-state index contributed by atoms with van der Waals surface area (Å²) in [5.74, 6) is -3.00. The summed E-state index contributed by atoms with van der Waals surface area (Å²) in [6.07, 6.45) is 0. The van der Waals surface area contributed by atoms with Gasteiger partial charge in [-0.1, -0.05) is 12.1 Å². The Morgan fingerprint density at radius 3 is 2.46 bits per heavy atom. The number of carbonyl (C=O) groups excluding carboxylic acids is 3. The molecule has 1 aromatic rings. The fourth-order valence-electron chi connectivity index (χ4n) is 4.04. The number of carbonyl (C=O) groups is 3. The largest absolute Gasteiger partial charge is 0.464 e. The molecule has 1 aromatic carbocycles. The maximum absolute atomic E-state index is 13.2. The second-order valence-electron chi connectivity index (χ2n) is 6.44. The fraction of sp³-hybridized carbons (Fsp3) is 0.471. The van der Waals surface area contributed by atoms with Crippen LogP contribution in [0, 0.1) is 17.7 Å². The summed E-state index contributed by atoms with van der Waals surface area (Å²) in [7, 11) is 1.26. The van der Waals surface area contributed by atoms with E-state index >= 15 is 0 Å². The topological polar surface area (TPSA) is 80.3 Å². The summed E-state index contributed by atoms with van der Waals surface area (Å²) in [6, 6.07) is 5.36. The van der Waals surface area contributed by atoms with Gasteiger partial charge >= 0.3 is 5.97 Å². The number of likely N-dealkylation sites (tertiary alicyclic amines) is 1. The van der Waals surface area contributed by atoms with Crippen LogP contribution in [0.15, 0.2) is 24.3 Å². The van der Waals surface area contributed by atoms with Crippen molar-refractivity contribution in [3.63, 3.8) is 0 Å². The number of esters is 1. The smallest absolute Gasteiger partial charge is 0.368 e. The molecule has 2 aliphatic heterocycles. The van der Waals surface area contributed by atoms with Gasteiger partial charge in [0.05, 0.1) is 7.11 Å². The minimum Gasteiger partial charge on any atom is -0.464 e. The van der Waals surface area contributed by atoms with Crippen LogP contribution < -0.4 is 5.32 Å². The van der Waals surface area contributed by atoms with Gasteiger partial charge < -0.3 is 10.1 Å². The van der Waals surface area contributed by atoms with Crippen LogP contribution >= 0.6 is 0 Å². The second kappa shape index (κ2) is 5.66. The van der Waals surface area contributed by atoms with E-state index in [9.17, 15) is 18.8 Å². The molecule has 2 N–H and O–H groups in total. The van der Waals surface area contributed by atoms with E-state index in [4.69, 9.17) is 4.74 Å². The van der Waals surface area contributed by atoms with Gasteiger partial charge in [-0.3, -0.25) is 14.5 Å². The van der Waals surface area contributed by atoms with Crippen molar-refractivity contribution in [2.45, 2.75) is 25.4 Å². The zero-order chi connectivity index (χ0) is 17.6. The minimum atomic E-state index is -1.19. The first kappa shape index (κ1) is 16.6. The Kier molecular flexibility index (Phi) is 3.91. The van der Waals surface area contributed by atoms with Crippen LogP contribution in [0.3, 0.4) is 0 Å². The molecule has 2 heterocycles. The molecular formula is C17H20FN2O4+. The van der Waals surface area contributed by atoms with Crippen LogP contribution in [0.1, 0.15) is 25.5 Å². The van der Waals surface area contributed by atoms with Gasteiger partial charge in [0.2, 0.25) is 17.4 Å². The number of benzene rings is 1. The number of nitrogens with two attached hydrogens (primary N) is 1. The first-order valence-corrected chi connectivity index (χ1v) is 7.90. The number of imide groups is 1. The van der Waals surface area contributed by atoms with Gasteiger partial charge in [0, 0.05) is 19.0 Å². The summed E-state index contributed by atoms with van der Waals surface area (Å²) in [5, 5.41) is 1.71. The Morgan fingerprint density at radius 1 is 1.29 bits per heavy atom. The molecule has 0 bridgehead atoms. The molecule has 0 aromatic heterocycles. The molecule has 6 nitrogen and oxygen atoms in total. The Morgan fingerprint density at radius 2 is 1.92 bits per heavy atom. The second-order valence-corrected chi connectivity index (χ2v) is 6.44. The summed E-state index contributed by atoms with van der Waals surface area (Å²) in [6.45, 7) is 3.62. The zero-order valence-electron chi connectivity index (χ0n) is 13.8. The number of nitrogens with zero attached hydrogens (tertiary/aromatic N) is 1. The first-order valence-electron chi connectivity index (χ1n) is 7.90. The van der Waals surface area contributed by atoms with E-state index in [0.29, 0.717) is 5.56 Å². The fourth-order valence-corrected chi connectivity index (χ4v) is 4.04. The van der Waals surface area contributed by atoms with Crippen LogP contribution in [0.2, 0.25) is 0 Å². The lowest BCUT2D eigenvalue weighted by Crippen LogP contribution is -2.97. The number of ether oxygens (including phenoxy) is 1. The molecule has 2 amide bonds. The van der Waals surface area contributed by atoms with E-state index < -0.39 is 29.4 Å². The van der Waals surface area contributed by atoms with Crippen LogP contribution in [0.5, 0.6) is 0 Å². The lowest BCUT2D eigenvalue weighted by Gasteiger charge is -2.25. The van der Waals surface area contributed by atoms with Crippen molar-refractivity contribution in [2.24, 2.45) is 11.8 Å². The molecule has 3 rings (SSSR count). The van der Waals surface area contributed by atoms with Crippen LogP contribution in [-0.4, -0.2) is 41.9 Å². The number of hydrogen-bond donors (Lipinski definition) is 1. The molecule has 24 heavy (non-hydrogen) atoms. The van der Waals surface area contributed by atoms with Crippen molar-refractivity contribution >= 4 is 17.8 Å². The first-order chi connectivity index (χ1) is 11.3. The quantitative estimate of drug-likeness (QED) is 0.623. The summed E-state index contributed by atoms with van der Waals surface area (Å²) in [5.41, 5.74) is -0.479. The predicted molar refractivity (Wildman–Crippen MR) is 80.9 cm³/mol. The summed E-state index contributed by atoms with van der Waals surface area (Å²) >= 11 is 0. The Hall–Kier alpha value is -2.28. The lowest BCUT2D eigenvalue weighted by atomic mass is 9.80. The Bertz CT molecular complexity index is 705. The highest BCUT2D eigenvalue weighted by Gasteiger charge is 2.70. The standard InChI is InChI=1S/C17H19FN2O4/c1-4-20-14(21)11-12(15(20)22)17(2,16(23)24-3)19-13(11)9-5-7-10(18)8-6-9/h5-8,11-13,19H,4H2,1-3H3/p+1/t11-,12+,13+,17-/m1/s1. The van der Waals surface area contributed by atoms with Crippen molar-refractivity contribution in [1.29, 1.82) is 0 Å². The monoisotopic (exact) mass is 335 g/mol.